The highest BCUT2D eigenvalue weighted by molar-refractivity contribution is 5.81. The zero-order chi connectivity index (χ0) is 13.1. The van der Waals surface area contributed by atoms with Gasteiger partial charge in [0.05, 0.1) is 6.04 Å². The molecule has 104 valence electrons. The third-order valence-electron chi connectivity index (χ3n) is 4.69. The van der Waals surface area contributed by atoms with Crippen LogP contribution in [0.2, 0.25) is 0 Å². The SMILES string of the molecule is CCCCNC(=O)C(C)N1CC2CNCC2C1C. The topological polar surface area (TPSA) is 44.4 Å². The molecular weight excluding hydrogens is 226 g/mol. The average molecular weight is 253 g/mol. The van der Waals surface area contributed by atoms with E-state index in [9.17, 15) is 4.79 Å². The van der Waals surface area contributed by atoms with Gasteiger partial charge in [0.25, 0.3) is 0 Å². The summed E-state index contributed by atoms with van der Waals surface area (Å²) in [5, 5.41) is 6.51. The van der Waals surface area contributed by atoms with E-state index < -0.39 is 0 Å². The fourth-order valence-corrected chi connectivity index (χ4v) is 3.40. The van der Waals surface area contributed by atoms with Crippen LogP contribution in [0, 0.1) is 11.8 Å². The number of fused-ring (bicyclic) bond motifs is 1. The van der Waals surface area contributed by atoms with Gasteiger partial charge in [-0.25, -0.2) is 0 Å². The van der Waals surface area contributed by atoms with Gasteiger partial charge in [0, 0.05) is 19.1 Å². The molecule has 2 N–H and O–H groups in total. The lowest BCUT2D eigenvalue weighted by Crippen LogP contribution is -2.48. The maximum atomic E-state index is 12.1. The molecule has 2 aliphatic heterocycles. The Kier molecular flexibility index (Phi) is 4.62. The second-order valence-electron chi connectivity index (χ2n) is 5.84. The van der Waals surface area contributed by atoms with E-state index >= 15 is 0 Å². The molecule has 1 amide bonds. The van der Waals surface area contributed by atoms with Crippen LogP contribution in [0.1, 0.15) is 33.6 Å². The van der Waals surface area contributed by atoms with Crippen LogP contribution in [0.3, 0.4) is 0 Å². The van der Waals surface area contributed by atoms with E-state index in [4.69, 9.17) is 0 Å². The number of rotatable bonds is 5. The Hall–Kier alpha value is -0.610. The standard InChI is InChI=1S/C14H27N3O/c1-4-5-6-16-14(18)11(3)17-9-12-7-15-8-13(12)10(17)2/h10-13,15H,4-9H2,1-3H3,(H,16,18). The van der Waals surface area contributed by atoms with E-state index in [-0.39, 0.29) is 11.9 Å². The highest BCUT2D eigenvalue weighted by Crippen LogP contribution is 2.33. The van der Waals surface area contributed by atoms with Gasteiger partial charge in [-0.15, -0.1) is 0 Å². The molecule has 0 spiro atoms. The first-order valence-corrected chi connectivity index (χ1v) is 7.39. The average Bonchev–Trinajstić information content (AvgIpc) is 2.92. The largest absolute Gasteiger partial charge is 0.355 e. The number of amides is 1. The molecule has 0 aromatic carbocycles. The Bertz CT molecular complexity index is 295. The van der Waals surface area contributed by atoms with Crippen LogP contribution in [0.5, 0.6) is 0 Å². The molecule has 2 heterocycles. The highest BCUT2D eigenvalue weighted by Gasteiger charge is 2.44. The van der Waals surface area contributed by atoms with Crippen LogP contribution < -0.4 is 10.6 Å². The monoisotopic (exact) mass is 253 g/mol. The van der Waals surface area contributed by atoms with Crippen molar-refractivity contribution in [3.8, 4) is 0 Å². The van der Waals surface area contributed by atoms with Crippen LogP contribution in [0.15, 0.2) is 0 Å². The normalized spacial score (nSPS) is 33.4. The zero-order valence-electron chi connectivity index (χ0n) is 11.9. The summed E-state index contributed by atoms with van der Waals surface area (Å²) < 4.78 is 0. The number of nitrogens with zero attached hydrogens (tertiary/aromatic N) is 1. The summed E-state index contributed by atoms with van der Waals surface area (Å²) in [6, 6.07) is 0.541. The first kappa shape index (κ1) is 13.8. The molecule has 0 bridgehead atoms. The minimum absolute atomic E-state index is 0.0162. The minimum atomic E-state index is 0.0162. The number of likely N-dealkylation sites (tertiary alicyclic amines) is 1. The summed E-state index contributed by atoms with van der Waals surface area (Å²) in [6.45, 7) is 10.6. The smallest absolute Gasteiger partial charge is 0.237 e. The molecular formula is C14H27N3O. The highest BCUT2D eigenvalue weighted by atomic mass is 16.2. The van der Waals surface area contributed by atoms with Gasteiger partial charge in [-0.3, -0.25) is 9.69 Å². The first-order valence-electron chi connectivity index (χ1n) is 7.39. The summed E-state index contributed by atoms with van der Waals surface area (Å²) in [7, 11) is 0. The van der Waals surface area contributed by atoms with Gasteiger partial charge in [-0.1, -0.05) is 13.3 Å². The van der Waals surface area contributed by atoms with Gasteiger partial charge < -0.3 is 10.6 Å². The van der Waals surface area contributed by atoms with Crippen molar-refractivity contribution in [2.45, 2.75) is 45.7 Å². The first-order chi connectivity index (χ1) is 8.65. The molecule has 4 unspecified atom stereocenters. The second-order valence-corrected chi connectivity index (χ2v) is 5.84. The molecule has 0 aromatic rings. The van der Waals surface area contributed by atoms with Gasteiger partial charge in [0.1, 0.15) is 0 Å². The summed E-state index contributed by atoms with van der Waals surface area (Å²) in [5.74, 6) is 1.67. The maximum absolute atomic E-state index is 12.1. The summed E-state index contributed by atoms with van der Waals surface area (Å²) in [5.41, 5.74) is 0. The van der Waals surface area contributed by atoms with Gasteiger partial charge in [0.2, 0.25) is 5.91 Å². The van der Waals surface area contributed by atoms with E-state index in [2.05, 4.69) is 29.4 Å². The fourth-order valence-electron chi connectivity index (χ4n) is 3.40. The Morgan fingerprint density at radius 1 is 1.50 bits per heavy atom. The van der Waals surface area contributed by atoms with Crippen LogP contribution >= 0.6 is 0 Å². The van der Waals surface area contributed by atoms with Gasteiger partial charge in [-0.2, -0.15) is 0 Å². The van der Waals surface area contributed by atoms with E-state index in [1.807, 2.05) is 6.92 Å². The van der Waals surface area contributed by atoms with Gasteiger partial charge in [-0.05, 0) is 45.2 Å². The van der Waals surface area contributed by atoms with E-state index in [1.54, 1.807) is 0 Å². The third kappa shape index (κ3) is 2.69. The molecule has 0 radical (unpaired) electrons. The number of unbranched alkanes of at least 4 members (excludes halogenated alkanes) is 1. The molecule has 0 saturated carbocycles. The molecule has 2 fully saturated rings. The predicted octanol–water partition coefficient (Wildman–Crippen LogP) is 0.831. The quantitative estimate of drug-likeness (QED) is 0.713. The van der Waals surface area contributed by atoms with Crippen molar-refractivity contribution >= 4 is 5.91 Å². The van der Waals surface area contributed by atoms with Crippen LogP contribution in [-0.4, -0.2) is 49.1 Å². The molecule has 2 aliphatic rings. The predicted molar refractivity (Wildman–Crippen MR) is 73.4 cm³/mol. The van der Waals surface area contributed by atoms with Gasteiger partial charge in [0.15, 0.2) is 0 Å². The molecule has 0 aliphatic carbocycles. The van der Waals surface area contributed by atoms with Crippen molar-refractivity contribution in [2.24, 2.45) is 11.8 Å². The molecule has 4 heteroatoms. The third-order valence-corrected chi connectivity index (χ3v) is 4.69. The van der Waals surface area contributed by atoms with Crippen LogP contribution in [0.25, 0.3) is 0 Å². The van der Waals surface area contributed by atoms with Crippen molar-refractivity contribution in [1.29, 1.82) is 0 Å². The lowest BCUT2D eigenvalue weighted by molar-refractivity contribution is -0.126. The molecule has 18 heavy (non-hydrogen) atoms. The van der Waals surface area contributed by atoms with Crippen LogP contribution in [0.4, 0.5) is 0 Å². The zero-order valence-corrected chi connectivity index (χ0v) is 11.9. The van der Waals surface area contributed by atoms with E-state index in [0.29, 0.717) is 6.04 Å². The van der Waals surface area contributed by atoms with Crippen LogP contribution in [-0.2, 0) is 4.79 Å². The summed E-state index contributed by atoms with van der Waals surface area (Å²) >= 11 is 0. The summed E-state index contributed by atoms with van der Waals surface area (Å²) in [6.07, 6.45) is 2.20. The van der Waals surface area contributed by atoms with Crippen molar-refractivity contribution in [3.63, 3.8) is 0 Å². The Balaban J connectivity index is 1.85. The molecule has 0 aromatic heterocycles. The fraction of sp³-hybridized carbons (Fsp3) is 0.929. The van der Waals surface area contributed by atoms with Crippen molar-refractivity contribution in [2.75, 3.05) is 26.2 Å². The second kappa shape index (κ2) is 6.02. The van der Waals surface area contributed by atoms with Crippen molar-refractivity contribution in [3.05, 3.63) is 0 Å². The lowest BCUT2D eigenvalue weighted by Gasteiger charge is -2.29. The Labute approximate surface area is 110 Å². The molecule has 4 atom stereocenters. The number of carbonyl (C=O) groups excluding carboxylic acids is 1. The number of nitrogens with one attached hydrogen (secondary N) is 2. The van der Waals surface area contributed by atoms with Crippen molar-refractivity contribution < 1.29 is 4.79 Å². The van der Waals surface area contributed by atoms with Crippen molar-refractivity contribution in [1.82, 2.24) is 15.5 Å². The number of hydrogen-bond acceptors (Lipinski definition) is 3. The Morgan fingerprint density at radius 3 is 2.94 bits per heavy atom. The van der Waals surface area contributed by atoms with E-state index in [0.717, 1.165) is 50.9 Å². The number of hydrogen-bond donors (Lipinski definition) is 2. The molecule has 2 rings (SSSR count). The molecule has 4 nitrogen and oxygen atoms in total. The minimum Gasteiger partial charge on any atom is -0.355 e. The van der Waals surface area contributed by atoms with E-state index in [1.165, 1.54) is 0 Å². The Morgan fingerprint density at radius 2 is 2.28 bits per heavy atom. The maximum Gasteiger partial charge on any atom is 0.237 e. The summed E-state index contributed by atoms with van der Waals surface area (Å²) in [4.78, 5) is 14.5. The number of carbonyl (C=O) groups is 1. The lowest BCUT2D eigenvalue weighted by atomic mass is 9.95. The van der Waals surface area contributed by atoms with Gasteiger partial charge >= 0.3 is 0 Å². The molecule has 2 saturated heterocycles.